The van der Waals surface area contributed by atoms with E-state index in [9.17, 15) is 9.59 Å². The van der Waals surface area contributed by atoms with Crippen molar-refractivity contribution in [3.8, 4) is 0 Å². The lowest BCUT2D eigenvalue weighted by Crippen LogP contribution is -2.09. The number of ether oxygens (including phenoxy) is 1. The summed E-state index contributed by atoms with van der Waals surface area (Å²) in [5.74, 6) is -1.82. The lowest BCUT2D eigenvalue weighted by atomic mass is 10.2. The van der Waals surface area contributed by atoms with Crippen molar-refractivity contribution in [2.75, 3.05) is 0 Å². The normalized spacial score (nSPS) is 10.0. The van der Waals surface area contributed by atoms with E-state index in [4.69, 9.17) is 9.84 Å². The average Bonchev–Trinajstić information content (AvgIpc) is 2.86. The maximum atomic E-state index is 11.7. The Morgan fingerprint density at radius 3 is 2.44 bits per heavy atom. The van der Waals surface area contributed by atoms with Crippen LogP contribution in [0.15, 0.2) is 42.7 Å². The molecule has 0 bridgehead atoms. The molecular formula is C13H11NO4. The Bertz CT molecular complexity index is 559. The number of esters is 1. The van der Waals surface area contributed by atoms with Crippen molar-refractivity contribution in [3.05, 3.63) is 59.4 Å². The minimum atomic E-state index is -1.16. The Labute approximate surface area is 103 Å². The largest absolute Gasteiger partial charge is 0.478 e. The van der Waals surface area contributed by atoms with Crippen LogP contribution in [0.25, 0.3) is 0 Å². The molecule has 18 heavy (non-hydrogen) atoms. The van der Waals surface area contributed by atoms with Crippen molar-refractivity contribution >= 4 is 11.9 Å². The number of benzene rings is 1. The number of carboxylic acids is 1. The molecule has 0 fully saturated rings. The molecule has 0 aliphatic heterocycles. The predicted molar refractivity (Wildman–Crippen MR) is 63.3 cm³/mol. The van der Waals surface area contributed by atoms with Gasteiger partial charge >= 0.3 is 11.9 Å². The zero-order valence-corrected chi connectivity index (χ0v) is 9.42. The molecule has 0 atom stereocenters. The first kappa shape index (κ1) is 11.9. The van der Waals surface area contributed by atoms with Crippen LogP contribution < -0.4 is 0 Å². The number of aromatic amines is 1. The summed E-state index contributed by atoms with van der Waals surface area (Å²) < 4.78 is 5.04. The van der Waals surface area contributed by atoms with Crippen LogP contribution in [-0.4, -0.2) is 22.0 Å². The minimum Gasteiger partial charge on any atom is -0.478 e. The quantitative estimate of drug-likeness (QED) is 0.808. The summed E-state index contributed by atoms with van der Waals surface area (Å²) in [5.41, 5.74) is 0.782. The Hall–Kier alpha value is -2.56. The average molecular weight is 245 g/mol. The molecule has 0 aliphatic rings. The number of aromatic carboxylic acids is 1. The molecule has 0 unspecified atom stereocenters. The van der Waals surface area contributed by atoms with Crippen molar-refractivity contribution in [1.82, 2.24) is 4.98 Å². The Balaban J connectivity index is 2.04. The number of hydrogen-bond donors (Lipinski definition) is 2. The summed E-state index contributed by atoms with van der Waals surface area (Å²) in [6.45, 7) is 0.115. The molecule has 5 nitrogen and oxygen atoms in total. The Kier molecular flexibility index (Phi) is 3.43. The lowest BCUT2D eigenvalue weighted by Gasteiger charge is -2.04. The standard InChI is InChI=1S/C13H11NO4/c15-12(16)10-6-14-7-11(10)13(17)18-8-9-4-2-1-3-5-9/h1-7,14H,8H2,(H,15,16). The van der Waals surface area contributed by atoms with Crippen molar-refractivity contribution in [2.45, 2.75) is 6.61 Å². The summed E-state index contributed by atoms with van der Waals surface area (Å²) in [4.78, 5) is 25.1. The van der Waals surface area contributed by atoms with Gasteiger partial charge in [0, 0.05) is 12.4 Å². The Morgan fingerprint density at radius 1 is 1.11 bits per heavy atom. The molecule has 0 saturated heterocycles. The lowest BCUT2D eigenvalue weighted by molar-refractivity contribution is 0.0464. The van der Waals surface area contributed by atoms with Crippen LogP contribution in [0.1, 0.15) is 26.3 Å². The van der Waals surface area contributed by atoms with Gasteiger partial charge in [-0.15, -0.1) is 0 Å². The van der Waals surface area contributed by atoms with Crippen molar-refractivity contribution in [3.63, 3.8) is 0 Å². The van der Waals surface area contributed by atoms with E-state index >= 15 is 0 Å². The van der Waals surface area contributed by atoms with E-state index in [0.717, 1.165) is 5.56 Å². The third-order valence-corrected chi connectivity index (χ3v) is 2.41. The predicted octanol–water partition coefficient (Wildman–Crippen LogP) is 2.07. The molecule has 0 aliphatic carbocycles. The van der Waals surface area contributed by atoms with Crippen molar-refractivity contribution in [2.24, 2.45) is 0 Å². The first-order valence-electron chi connectivity index (χ1n) is 5.29. The minimum absolute atomic E-state index is 0.0263. The third-order valence-electron chi connectivity index (χ3n) is 2.41. The second-order valence-electron chi connectivity index (χ2n) is 3.65. The highest BCUT2D eigenvalue weighted by Crippen LogP contribution is 2.11. The molecule has 2 N–H and O–H groups in total. The van der Waals surface area contributed by atoms with E-state index in [1.165, 1.54) is 12.4 Å². The molecule has 1 aromatic carbocycles. The number of H-pyrrole nitrogens is 1. The van der Waals surface area contributed by atoms with Gasteiger partial charge in [0.15, 0.2) is 0 Å². The van der Waals surface area contributed by atoms with Crippen LogP contribution in [-0.2, 0) is 11.3 Å². The van der Waals surface area contributed by atoms with Gasteiger partial charge in [-0.05, 0) is 5.56 Å². The maximum absolute atomic E-state index is 11.7. The van der Waals surface area contributed by atoms with Gasteiger partial charge in [-0.3, -0.25) is 0 Å². The number of aromatic nitrogens is 1. The van der Waals surface area contributed by atoms with Gasteiger partial charge < -0.3 is 14.8 Å². The molecule has 0 spiro atoms. The fourth-order valence-electron chi connectivity index (χ4n) is 1.51. The van der Waals surface area contributed by atoms with E-state index in [1.807, 2.05) is 30.3 Å². The van der Waals surface area contributed by atoms with E-state index in [0.29, 0.717) is 0 Å². The molecule has 0 saturated carbocycles. The molecule has 0 amide bonds. The second-order valence-corrected chi connectivity index (χ2v) is 3.65. The molecule has 0 radical (unpaired) electrons. The van der Waals surface area contributed by atoms with Gasteiger partial charge in [-0.25, -0.2) is 9.59 Å². The number of nitrogens with one attached hydrogen (secondary N) is 1. The molecular weight excluding hydrogens is 234 g/mol. The third kappa shape index (κ3) is 2.57. The Morgan fingerprint density at radius 2 is 1.78 bits per heavy atom. The first-order chi connectivity index (χ1) is 8.68. The van der Waals surface area contributed by atoms with Crippen LogP contribution in [0.5, 0.6) is 0 Å². The fourth-order valence-corrected chi connectivity index (χ4v) is 1.51. The van der Waals surface area contributed by atoms with E-state index in [2.05, 4.69) is 4.98 Å². The number of rotatable bonds is 4. The van der Waals surface area contributed by atoms with E-state index in [1.54, 1.807) is 0 Å². The topological polar surface area (TPSA) is 79.4 Å². The van der Waals surface area contributed by atoms with Crippen molar-refractivity contribution < 1.29 is 19.4 Å². The zero-order valence-electron chi connectivity index (χ0n) is 9.42. The van der Waals surface area contributed by atoms with E-state index < -0.39 is 11.9 Å². The first-order valence-corrected chi connectivity index (χ1v) is 5.29. The summed E-state index contributed by atoms with van der Waals surface area (Å²) in [7, 11) is 0. The van der Waals surface area contributed by atoms with Crippen LogP contribution >= 0.6 is 0 Å². The molecule has 2 aromatic rings. The van der Waals surface area contributed by atoms with Crippen LogP contribution in [0.3, 0.4) is 0 Å². The SMILES string of the molecule is O=C(O)c1c[nH]cc1C(=O)OCc1ccccc1. The molecule has 2 rings (SSSR count). The highest BCUT2D eigenvalue weighted by molar-refractivity contribution is 6.02. The summed E-state index contributed by atoms with van der Waals surface area (Å²) in [6.07, 6.45) is 2.57. The molecule has 1 aromatic heterocycles. The van der Waals surface area contributed by atoms with Gasteiger partial charge in [0.25, 0.3) is 0 Å². The van der Waals surface area contributed by atoms with Gasteiger partial charge in [0.1, 0.15) is 6.61 Å². The monoisotopic (exact) mass is 245 g/mol. The van der Waals surface area contributed by atoms with Crippen molar-refractivity contribution in [1.29, 1.82) is 0 Å². The maximum Gasteiger partial charge on any atom is 0.340 e. The summed E-state index contributed by atoms with van der Waals surface area (Å²) in [6, 6.07) is 9.18. The fraction of sp³-hybridized carbons (Fsp3) is 0.0769. The van der Waals surface area contributed by atoms with Crippen LogP contribution in [0, 0.1) is 0 Å². The smallest absolute Gasteiger partial charge is 0.340 e. The highest BCUT2D eigenvalue weighted by atomic mass is 16.5. The van der Waals surface area contributed by atoms with Crippen LogP contribution in [0.4, 0.5) is 0 Å². The number of hydrogen-bond acceptors (Lipinski definition) is 3. The van der Waals surface area contributed by atoms with Gasteiger partial charge in [0.05, 0.1) is 11.1 Å². The molecule has 1 heterocycles. The molecule has 5 heteroatoms. The molecule has 92 valence electrons. The van der Waals surface area contributed by atoms with E-state index in [-0.39, 0.29) is 17.7 Å². The van der Waals surface area contributed by atoms with Crippen LogP contribution in [0.2, 0.25) is 0 Å². The number of carbonyl (C=O) groups is 2. The van der Waals surface area contributed by atoms with Gasteiger partial charge in [0.2, 0.25) is 0 Å². The summed E-state index contributed by atoms with van der Waals surface area (Å²) in [5, 5.41) is 8.86. The number of carbonyl (C=O) groups excluding carboxylic acids is 1. The van der Waals surface area contributed by atoms with Gasteiger partial charge in [-0.2, -0.15) is 0 Å². The summed E-state index contributed by atoms with van der Waals surface area (Å²) >= 11 is 0. The second kappa shape index (κ2) is 5.18. The zero-order chi connectivity index (χ0) is 13.0. The number of carboxylic acid groups (broad SMARTS) is 1. The van der Waals surface area contributed by atoms with Gasteiger partial charge in [-0.1, -0.05) is 30.3 Å². The highest BCUT2D eigenvalue weighted by Gasteiger charge is 2.18.